The Morgan fingerprint density at radius 3 is 2.83 bits per heavy atom. The molecule has 1 aromatic carbocycles. The summed E-state index contributed by atoms with van der Waals surface area (Å²) in [6, 6.07) is 5.91. The van der Waals surface area contributed by atoms with Crippen molar-refractivity contribution in [3.05, 3.63) is 30.1 Å². The summed E-state index contributed by atoms with van der Waals surface area (Å²) in [5, 5.41) is 5.53. The molecular weight excluding hydrogens is 251 g/mol. The van der Waals surface area contributed by atoms with E-state index in [-0.39, 0.29) is 16.8 Å². The maximum Gasteiger partial charge on any atom is 0.226 e. The van der Waals surface area contributed by atoms with E-state index in [4.69, 9.17) is 12.2 Å². The number of nitrogens with one attached hydrogen (secondary N) is 2. The van der Waals surface area contributed by atoms with E-state index < -0.39 is 0 Å². The SMILES string of the molecule is CCCCCC(=O)NC(=S)Nc1cccc(F)c1. The van der Waals surface area contributed by atoms with Gasteiger partial charge >= 0.3 is 0 Å². The molecule has 1 aromatic rings. The van der Waals surface area contributed by atoms with Crippen molar-refractivity contribution in [1.29, 1.82) is 0 Å². The number of amides is 1. The summed E-state index contributed by atoms with van der Waals surface area (Å²) in [4.78, 5) is 11.5. The molecule has 0 saturated heterocycles. The molecule has 0 unspecified atom stereocenters. The Hall–Kier alpha value is -1.49. The number of benzene rings is 1. The normalized spacial score (nSPS) is 9.89. The van der Waals surface area contributed by atoms with Crippen molar-refractivity contribution in [2.45, 2.75) is 32.6 Å². The van der Waals surface area contributed by atoms with E-state index in [1.54, 1.807) is 12.1 Å². The Kier molecular flexibility index (Phi) is 6.28. The molecule has 1 rings (SSSR count). The number of thiocarbonyl (C=S) groups is 1. The lowest BCUT2D eigenvalue weighted by atomic mass is 10.2. The summed E-state index contributed by atoms with van der Waals surface area (Å²) in [5.74, 6) is -0.463. The number of hydrogen-bond acceptors (Lipinski definition) is 2. The number of halogens is 1. The summed E-state index contributed by atoms with van der Waals surface area (Å²) < 4.78 is 12.9. The Morgan fingerprint density at radius 2 is 2.17 bits per heavy atom. The molecule has 0 fully saturated rings. The van der Waals surface area contributed by atoms with Gasteiger partial charge in [0.2, 0.25) is 5.91 Å². The standard InChI is InChI=1S/C13H17FN2OS/c1-2-3-4-8-12(17)16-13(18)15-11-7-5-6-10(14)9-11/h5-7,9H,2-4,8H2,1H3,(H2,15,16,17,18). The molecule has 1 amide bonds. The van der Waals surface area contributed by atoms with Crippen LogP contribution in [0.5, 0.6) is 0 Å². The molecule has 18 heavy (non-hydrogen) atoms. The second kappa shape index (κ2) is 7.76. The zero-order valence-electron chi connectivity index (χ0n) is 10.3. The first-order chi connectivity index (χ1) is 8.61. The molecule has 0 heterocycles. The van der Waals surface area contributed by atoms with E-state index in [1.807, 2.05) is 0 Å². The van der Waals surface area contributed by atoms with Gasteiger partial charge < -0.3 is 10.6 Å². The van der Waals surface area contributed by atoms with Crippen LogP contribution < -0.4 is 10.6 Å². The van der Waals surface area contributed by atoms with Gasteiger partial charge in [0.05, 0.1) is 0 Å². The van der Waals surface area contributed by atoms with Gasteiger partial charge in [-0.3, -0.25) is 4.79 Å². The first-order valence-corrected chi connectivity index (χ1v) is 6.39. The Morgan fingerprint density at radius 1 is 1.39 bits per heavy atom. The zero-order chi connectivity index (χ0) is 13.4. The minimum absolute atomic E-state index is 0.114. The van der Waals surface area contributed by atoms with Gasteiger partial charge in [-0.25, -0.2) is 4.39 Å². The van der Waals surface area contributed by atoms with Crippen LogP contribution in [-0.2, 0) is 4.79 Å². The topological polar surface area (TPSA) is 41.1 Å². The van der Waals surface area contributed by atoms with Crippen LogP contribution in [0.3, 0.4) is 0 Å². The average Bonchev–Trinajstić information content (AvgIpc) is 2.29. The number of unbranched alkanes of at least 4 members (excludes halogenated alkanes) is 2. The van der Waals surface area contributed by atoms with Gasteiger partial charge in [-0.05, 0) is 36.8 Å². The van der Waals surface area contributed by atoms with E-state index in [0.717, 1.165) is 19.3 Å². The second-order valence-corrected chi connectivity index (χ2v) is 4.38. The average molecular weight is 268 g/mol. The van der Waals surface area contributed by atoms with E-state index in [2.05, 4.69) is 17.6 Å². The van der Waals surface area contributed by atoms with Crippen LogP contribution in [-0.4, -0.2) is 11.0 Å². The molecule has 5 heteroatoms. The molecule has 0 aromatic heterocycles. The van der Waals surface area contributed by atoms with Crippen LogP contribution in [0, 0.1) is 5.82 Å². The Bertz CT molecular complexity index is 423. The molecule has 98 valence electrons. The third kappa shape index (κ3) is 5.72. The summed E-state index contributed by atoms with van der Waals surface area (Å²) in [6.07, 6.45) is 3.40. The lowest BCUT2D eigenvalue weighted by molar-refractivity contribution is -0.119. The maximum atomic E-state index is 12.9. The predicted octanol–water partition coefficient (Wildman–Crippen LogP) is 3.22. The first-order valence-electron chi connectivity index (χ1n) is 5.98. The van der Waals surface area contributed by atoms with Gasteiger partial charge in [-0.2, -0.15) is 0 Å². The maximum absolute atomic E-state index is 12.9. The largest absolute Gasteiger partial charge is 0.332 e. The van der Waals surface area contributed by atoms with Crippen LogP contribution in [0.15, 0.2) is 24.3 Å². The minimum atomic E-state index is -0.350. The van der Waals surface area contributed by atoms with Gasteiger partial charge in [0, 0.05) is 12.1 Å². The van der Waals surface area contributed by atoms with Gasteiger partial charge in [0.25, 0.3) is 0 Å². The quantitative estimate of drug-likeness (QED) is 0.636. The summed E-state index contributed by atoms with van der Waals surface area (Å²) in [7, 11) is 0. The van der Waals surface area contributed by atoms with Crippen LogP contribution in [0.2, 0.25) is 0 Å². The predicted molar refractivity (Wildman–Crippen MR) is 74.9 cm³/mol. The number of carbonyl (C=O) groups excluding carboxylic acids is 1. The molecule has 2 N–H and O–H groups in total. The van der Waals surface area contributed by atoms with Crippen LogP contribution in [0.1, 0.15) is 32.6 Å². The molecule has 0 saturated carbocycles. The van der Waals surface area contributed by atoms with Crippen molar-refractivity contribution in [2.24, 2.45) is 0 Å². The lowest BCUT2D eigenvalue weighted by Crippen LogP contribution is -2.33. The smallest absolute Gasteiger partial charge is 0.226 e. The zero-order valence-corrected chi connectivity index (χ0v) is 11.1. The Balaban J connectivity index is 2.35. The van der Waals surface area contributed by atoms with Crippen LogP contribution in [0.4, 0.5) is 10.1 Å². The van der Waals surface area contributed by atoms with Crippen molar-refractivity contribution in [3.63, 3.8) is 0 Å². The van der Waals surface area contributed by atoms with Crippen LogP contribution in [0.25, 0.3) is 0 Å². The van der Waals surface area contributed by atoms with Gasteiger partial charge in [0.15, 0.2) is 5.11 Å². The summed E-state index contributed by atoms with van der Waals surface area (Å²) in [5.41, 5.74) is 0.522. The summed E-state index contributed by atoms with van der Waals surface area (Å²) >= 11 is 4.97. The van der Waals surface area contributed by atoms with Gasteiger partial charge in [-0.1, -0.05) is 25.8 Å². The molecule has 3 nitrogen and oxygen atoms in total. The molecule has 0 bridgehead atoms. The second-order valence-electron chi connectivity index (χ2n) is 3.97. The number of hydrogen-bond donors (Lipinski definition) is 2. The molecule has 0 aliphatic carbocycles. The van der Waals surface area contributed by atoms with Crippen molar-refractivity contribution in [1.82, 2.24) is 5.32 Å². The van der Waals surface area contributed by atoms with Gasteiger partial charge in [-0.15, -0.1) is 0 Å². The molecular formula is C13H17FN2OS. The van der Waals surface area contributed by atoms with E-state index >= 15 is 0 Å². The molecule has 0 spiro atoms. The van der Waals surface area contributed by atoms with Crippen LogP contribution >= 0.6 is 12.2 Å². The van der Waals surface area contributed by atoms with E-state index in [9.17, 15) is 9.18 Å². The highest BCUT2D eigenvalue weighted by Gasteiger charge is 2.04. The first kappa shape index (κ1) is 14.6. The van der Waals surface area contributed by atoms with Crippen molar-refractivity contribution in [2.75, 3.05) is 5.32 Å². The fourth-order valence-electron chi connectivity index (χ4n) is 1.45. The lowest BCUT2D eigenvalue weighted by Gasteiger charge is -2.09. The third-order valence-corrected chi connectivity index (χ3v) is 2.55. The molecule has 0 atom stereocenters. The number of anilines is 1. The number of rotatable bonds is 5. The van der Waals surface area contributed by atoms with E-state index in [0.29, 0.717) is 12.1 Å². The highest BCUT2D eigenvalue weighted by molar-refractivity contribution is 7.80. The van der Waals surface area contributed by atoms with Crippen molar-refractivity contribution in [3.8, 4) is 0 Å². The third-order valence-electron chi connectivity index (χ3n) is 2.34. The Labute approximate surface area is 112 Å². The fraction of sp³-hybridized carbons (Fsp3) is 0.385. The van der Waals surface area contributed by atoms with Crippen molar-refractivity contribution < 1.29 is 9.18 Å². The summed E-state index contributed by atoms with van der Waals surface area (Å²) in [6.45, 7) is 2.08. The van der Waals surface area contributed by atoms with E-state index in [1.165, 1.54) is 12.1 Å². The fourth-order valence-corrected chi connectivity index (χ4v) is 1.68. The van der Waals surface area contributed by atoms with Crippen molar-refractivity contribution >= 4 is 28.9 Å². The van der Waals surface area contributed by atoms with Gasteiger partial charge in [0.1, 0.15) is 5.82 Å². The highest BCUT2D eigenvalue weighted by Crippen LogP contribution is 2.08. The molecule has 0 aliphatic rings. The molecule has 0 radical (unpaired) electrons. The monoisotopic (exact) mass is 268 g/mol. The number of carbonyl (C=O) groups is 1. The minimum Gasteiger partial charge on any atom is -0.332 e. The highest BCUT2D eigenvalue weighted by atomic mass is 32.1. The molecule has 0 aliphatic heterocycles.